The Kier molecular flexibility index (Phi) is 4.86. The average Bonchev–Trinajstić information content (AvgIpc) is 2.85. The number of carboxylic acids is 1. The molecule has 1 aliphatic heterocycles. The fourth-order valence-electron chi connectivity index (χ4n) is 3.13. The highest BCUT2D eigenvalue weighted by Gasteiger charge is 2.35. The summed E-state index contributed by atoms with van der Waals surface area (Å²) in [5.41, 5.74) is 0.0430. The Morgan fingerprint density at radius 1 is 1.30 bits per heavy atom. The maximum absolute atomic E-state index is 12.1. The molecule has 1 saturated carbocycles. The zero-order valence-corrected chi connectivity index (χ0v) is 12.1. The van der Waals surface area contributed by atoms with Gasteiger partial charge in [-0.25, -0.2) is 9.59 Å². The van der Waals surface area contributed by atoms with Gasteiger partial charge >= 0.3 is 12.0 Å². The van der Waals surface area contributed by atoms with Gasteiger partial charge in [0.15, 0.2) is 0 Å². The van der Waals surface area contributed by atoms with Crippen molar-refractivity contribution in [1.29, 1.82) is 0 Å². The molecule has 114 valence electrons. The molecule has 0 radical (unpaired) electrons. The summed E-state index contributed by atoms with van der Waals surface area (Å²) in [6.07, 6.45) is 4.91. The van der Waals surface area contributed by atoms with E-state index >= 15 is 0 Å². The fourth-order valence-corrected chi connectivity index (χ4v) is 3.13. The van der Waals surface area contributed by atoms with Crippen LogP contribution in [-0.4, -0.2) is 54.4 Å². The zero-order valence-electron chi connectivity index (χ0n) is 12.1. The fraction of sp³-hybridized carbons (Fsp3) is 0.857. The second-order valence-electron chi connectivity index (χ2n) is 6.16. The van der Waals surface area contributed by atoms with E-state index in [0.717, 1.165) is 25.7 Å². The molecule has 1 aliphatic carbocycles. The minimum absolute atomic E-state index is 0.0430. The Labute approximate surface area is 119 Å². The van der Waals surface area contributed by atoms with Crippen LogP contribution in [0.15, 0.2) is 0 Å². The van der Waals surface area contributed by atoms with E-state index < -0.39 is 12.0 Å². The van der Waals surface area contributed by atoms with Gasteiger partial charge in [-0.05, 0) is 24.7 Å². The third kappa shape index (κ3) is 3.85. The molecule has 2 amide bonds. The lowest BCUT2D eigenvalue weighted by atomic mass is 9.82. The third-order valence-corrected chi connectivity index (χ3v) is 4.40. The number of carbonyl (C=O) groups excluding carboxylic acids is 1. The first-order valence-electron chi connectivity index (χ1n) is 7.36. The van der Waals surface area contributed by atoms with E-state index in [1.807, 2.05) is 0 Å². The van der Waals surface area contributed by atoms with Crippen molar-refractivity contribution in [2.75, 3.05) is 26.3 Å². The second-order valence-corrected chi connectivity index (χ2v) is 6.16. The number of ether oxygens (including phenoxy) is 1. The van der Waals surface area contributed by atoms with Crippen LogP contribution in [0.2, 0.25) is 0 Å². The number of carbonyl (C=O) groups is 2. The molecule has 0 bridgehead atoms. The topological polar surface area (TPSA) is 78.9 Å². The van der Waals surface area contributed by atoms with Crippen LogP contribution in [0.3, 0.4) is 0 Å². The summed E-state index contributed by atoms with van der Waals surface area (Å²) in [7, 11) is 0. The van der Waals surface area contributed by atoms with Crippen LogP contribution in [0.25, 0.3) is 0 Å². The number of hydrogen-bond acceptors (Lipinski definition) is 3. The van der Waals surface area contributed by atoms with Crippen LogP contribution >= 0.6 is 0 Å². The molecule has 0 aromatic rings. The van der Waals surface area contributed by atoms with Gasteiger partial charge in [0.25, 0.3) is 0 Å². The van der Waals surface area contributed by atoms with Gasteiger partial charge in [0.05, 0.1) is 13.2 Å². The van der Waals surface area contributed by atoms with Crippen molar-refractivity contribution in [2.24, 2.45) is 5.41 Å². The maximum atomic E-state index is 12.1. The van der Waals surface area contributed by atoms with Crippen LogP contribution in [0.1, 0.15) is 39.0 Å². The smallest absolute Gasteiger partial charge is 0.326 e. The number of nitrogens with zero attached hydrogens (tertiary/aromatic N) is 1. The van der Waals surface area contributed by atoms with Crippen LogP contribution in [-0.2, 0) is 9.53 Å². The first-order valence-corrected chi connectivity index (χ1v) is 7.36. The lowest BCUT2D eigenvalue weighted by molar-refractivity contribution is -0.140. The summed E-state index contributed by atoms with van der Waals surface area (Å²) in [5, 5.41) is 12.0. The molecule has 0 aromatic heterocycles. The van der Waals surface area contributed by atoms with Gasteiger partial charge < -0.3 is 20.1 Å². The highest BCUT2D eigenvalue weighted by molar-refractivity contribution is 5.82. The highest BCUT2D eigenvalue weighted by atomic mass is 16.5. The van der Waals surface area contributed by atoms with Crippen LogP contribution in [0.4, 0.5) is 4.79 Å². The van der Waals surface area contributed by atoms with E-state index in [1.54, 1.807) is 4.90 Å². The van der Waals surface area contributed by atoms with Gasteiger partial charge in [0.1, 0.15) is 6.04 Å². The molecule has 2 aliphatic rings. The minimum Gasteiger partial charge on any atom is -0.480 e. The van der Waals surface area contributed by atoms with Crippen LogP contribution in [0, 0.1) is 5.41 Å². The number of amides is 2. The lowest BCUT2D eigenvalue weighted by Gasteiger charge is -2.31. The van der Waals surface area contributed by atoms with Crippen molar-refractivity contribution in [3.63, 3.8) is 0 Å². The highest BCUT2D eigenvalue weighted by Crippen LogP contribution is 2.41. The van der Waals surface area contributed by atoms with E-state index in [2.05, 4.69) is 12.2 Å². The molecule has 6 heteroatoms. The SMILES string of the molecule is CC1(CC(NC(=O)N2CCOCC2)C(=O)O)CCCC1. The van der Waals surface area contributed by atoms with Gasteiger partial charge in [-0.3, -0.25) is 0 Å². The molecule has 1 saturated heterocycles. The molecule has 0 spiro atoms. The molecule has 2 N–H and O–H groups in total. The number of urea groups is 1. The Hall–Kier alpha value is -1.30. The zero-order chi connectivity index (χ0) is 14.6. The second kappa shape index (κ2) is 6.43. The van der Waals surface area contributed by atoms with Gasteiger partial charge in [-0.2, -0.15) is 0 Å². The minimum atomic E-state index is -0.945. The number of carboxylic acid groups (broad SMARTS) is 1. The largest absolute Gasteiger partial charge is 0.480 e. The summed E-state index contributed by atoms with van der Waals surface area (Å²) in [6.45, 7) is 4.20. The molecular formula is C14H24N2O4. The Morgan fingerprint density at radius 2 is 1.90 bits per heavy atom. The molecule has 2 rings (SSSR count). The van der Waals surface area contributed by atoms with E-state index in [1.165, 1.54) is 0 Å². The van der Waals surface area contributed by atoms with E-state index in [4.69, 9.17) is 4.74 Å². The molecule has 0 aromatic carbocycles. The summed E-state index contributed by atoms with van der Waals surface area (Å²) in [6, 6.07) is -1.09. The number of nitrogens with one attached hydrogen (secondary N) is 1. The van der Waals surface area contributed by atoms with Crippen molar-refractivity contribution in [3.8, 4) is 0 Å². The van der Waals surface area contributed by atoms with Gasteiger partial charge in [0, 0.05) is 13.1 Å². The summed E-state index contributed by atoms with van der Waals surface area (Å²) < 4.78 is 5.19. The van der Waals surface area contributed by atoms with Crippen molar-refractivity contribution in [2.45, 2.75) is 45.1 Å². The lowest BCUT2D eigenvalue weighted by Crippen LogP contribution is -2.52. The van der Waals surface area contributed by atoms with Gasteiger partial charge in [-0.1, -0.05) is 19.8 Å². The van der Waals surface area contributed by atoms with Gasteiger partial charge in [-0.15, -0.1) is 0 Å². The Bertz CT molecular complexity index is 360. The number of morpholine rings is 1. The summed E-state index contributed by atoms with van der Waals surface area (Å²) in [4.78, 5) is 25.1. The van der Waals surface area contributed by atoms with Gasteiger partial charge in [0.2, 0.25) is 0 Å². The number of aliphatic carboxylic acids is 1. The monoisotopic (exact) mass is 284 g/mol. The summed E-state index contributed by atoms with van der Waals surface area (Å²) in [5.74, 6) is -0.945. The third-order valence-electron chi connectivity index (χ3n) is 4.40. The van der Waals surface area contributed by atoms with E-state index in [9.17, 15) is 14.7 Å². The van der Waals surface area contributed by atoms with Crippen LogP contribution < -0.4 is 5.32 Å². The first kappa shape index (κ1) is 15.1. The molecule has 1 unspecified atom stereocenters. The van der Waals surface area contributed by atoms with Crippen LogP contribution in [0.5, 0.6) is 0 Å². The quantitative estimate of drug-likeness (QED) is 0.819. The average molecular weight is 284 g/mol. The van der Waals surface area contributed by atoms with Crippen molar-refractivity contribution >= 4 is 12.0 Å². The molecule has 2 fully saturated rings. The molecule has 1 atom stereocenters. The van der Waals surface area contributed by atoms with Crippen molar-refractivity contribution in [1.82, 2.24) is 10.2 Å². The number of rotatable bonds is 4. The van der Waals surface area contributed by atoms with E-state index in [0.29, 0.717) is 32.7 Å². The summed E-state index contributed by atoms with van der Waals surface area (Å²) >= 11 is 0. The molecule has 20 heavy (non-hydrogen) atoms. The maximum Gasteiger partial charge on any atom is 0.326 e. The first-order chi connectivity index (χ1) is 9.50. The van der Waals surface area contributed by atoms with Crippen molar-refractivity contribution < 1.29 is 19.4 Å². The normalized spacial score (nSPS) is 23.4. The molecular weight excluding hydrogens is 260 g/mol. The van der Waals surface area contributed by atoms with Crippen molar-refractivity contribution in [3.05, 3.63) is 0 Å². The Morgan fingerprint density at radius 3 is 2.45 bits per heavy atom. The predicted octanol–water partition coefficient (Wildman–Crippen LogP) is 1.45. The molecule has 6 nitrogen and oxygen atoms in total. The molecule has 1 heterocycles. The number of hydrogen-bond donors (Lipinski definition) is 2. The standard InChI is InChI=1S/C14H24N2O4/c1-14(4-2-3-5-14)10-11(12(17)18)15-13(19)16-6-8-20-9-7-16/h11H,2-10H2,1H3,(H,15,19)(H,17,18). The predicted molar refractivity (Wildman–Crippen MR) is 73.5 cm³/mol. The van der Waals surface area contributed by atoms with E-state index in [-0.39, 0.29) is 11.4 Å². The Balaban J connectivity index is 1.91.